The molecule has 4 rings (SSSR count). The smallest absolute Gasteiger partial charge is 0.303 e. The number of carbonyl (C=O) groups is 1. The minimum Gasteiger partial charge on any atom is -0.499 e. The minimum absolute atomic E-state index is 0.0852. The Morgan fingerprint density at radius 2 is 1.66 bits per heavy atom. The Hall–Kier alpha value is -1.53. The van der Waals surface area contributed by atoms with E-state index in [0.717, 1.165) is 31.6 Å². The average molecular weight is 533 g/mol. The summed E-state index contributed by atoms with van der Waals surface area (Å²) in [6.45, 7) is 17.0. The SMILES string of the molecule is C=COCCOC1CCC2(C)C(CCC3C2CC(OCCOC=C)C2(C)C(C(C)CCC(=O)O)CCC32)C1. The maximum atomic E-state index is 11.4. The van der Waals surface area contributed by atoms with Gasteiger partial charge in [-0.15, -0.1) is 0 Å². The van der Waals surface area contributed by atoms with Crippen molar-refractivity contribution in [2.75, 3.05) is 26.4 Å². The van der Waals surface area contributed by atoms with E-state index in [2.05, 4.69) is 33.9 Å². The van der Waals surface area contributed by atoms with Crippen LogP contribution >= 0.6 is 0 Å². The number of ether oxygens (including phenoxy) is 4. The molecule has 0 aromatic heterocycles. The van der Waals surface area contributed by atoms with E-state index in [9.17, 15) is 9.90 Å². The summed E-state index contributed by atoms with van der Waals surface area (Å²) >= 11 is 0. The lowest BCUT2D eigenvalue weighted by atomic mass is 9.43. The fourth-order valence-corrected chi connectivity index (χ4v) is 9.74. The van der Waals surface area contributed by atoms with E-state index < -0.39 is 5.97 Å². The monoisotopic (exact) mass is 532 g/mol. The number of carboxylic acids is 1. The van der Waals surface area contributed by atoms with E-state index in [1.807, 2.05) is 0 Å². The van der Waals surface area contributed by atoms with Crippen LogP contribution in [0, 0.1) is 46.3 Å². The van der Waals surface area contributed by atoms with Crippen LogP contribution in [0.2, 0.25) is 0 Å². The molecule has 0 amide bonds. The summed E-state index contributed by atoms with van der Waals surface area (Å²) in [5, 5.41) is 9.34. The second-order valence-electron chi connectivity index (χ2n) is 13.1. The fourth-order valence-electron chi connectivity index (χ4n) is 9.74. The van der Waals surface area contributed by atoms with Crippen molar-refractivity contribution < 1.29 is 28.8 Å². The average Bonchev–Trinajstić information content (AvgIpc) is 3.26. The number of aliphatic carboxylic acids is 1. The second kappa shape index (κ2) is 12.8. The molecule has 10 unspecified atom stereocenters. The Bertz CT molecular complexity index is 814. The molecule has 4 aliphatic carbocycles. The molecule has 4 fully saturated rings. The van der Waals surface area contributed by atoms with E-state index in [1.54, 1.807) is 0 Å². The van der Waals surface area contributed by atoms with Gasteiger partial charge < -0.3 is 24.1 Å². The number of rotatable bonds is 14. The molecule has 0 saturated heterocycles. The molecule has 6 heteroatoms. The number of hydrogen-bond acceptors (Lipinski definition) is 5. The molecule has 0 aromatic rings. The summed E-state index contributed by atoms with van der Waals surface area (Å²) in [4.78, 5) is 11.4. The number of hydrogen-bond donors (Lipinski definition) is 1. The highest BCUT2D eigenvalue weighted by molar-refractivity contribution is 5.66. The van der Waals surface area contributed by atoms with Crippen molar-refractivity contribution in [1.29, 1.82) is 0 Å². The van der Waals surface area contributed by atoms with E-state index in [-0.39, 0.29) is 17.9 Å². The van der Waals surface area contributed by atoms with Crippen molar-refractivity contribution in [2.45, 2.75) is 97.2 Å². The van der Waals surface area contributed by atoms with E-state index in [4.69, 9.17) is 18.9 Å². The van der Waals surface area contributed by atoms with Crippen molar-refractivity contribution >= 4 is 5.97 Å². The summed E-state index contributed by atoms with van der Waals surface area (Å²) in [6, 6.07) is 0. The highest BCUT2D eigenvalue weighted by Crippen LogP contribution is 2.69. The first-order chi connectivity index (χ1) is 18.3. The predicted octanol–water partition coefficient (Wildman–Crippen LogP) is 6.85. The second-order valence-corrected chi connectivity index (χ2v) is 13.1. The van der Waals surface area contributed by atoms with Gasteiger partial charge in [-0.2, -0.15) is 0 Å². The van der Waals surface area contributed by atoms with Crippen LogP contribution in [-0.4, -0.2) is 49.7 Å². The molecule has 6 nitrogen and oxygen atoms in total. The molecular weight excluding hydrogens is 480 g/mol. The molecule has 216 valence electrons. The van der Waals surface area contributed by atoms with Gasteiger partial charge in [0, 0.05) is 6.42 Å². The van der Waals surface area contributed by atoms with Gasteiger partial charge in [0.2, 0.25) is 0 Å². The van der Waals surface area contributed by atoms with Crippen molar-refractivity contribution in [3.63, 3.8) is 0 Å². The first kappa shape index (κ1) is 29.5. The molecule has 0 aromatic carbocycles. The largest absolute Gasteiger partial charge is 0.499 e. The van der Waals surface area contributed by atoms with Gasteiger partial charge in [-0.1, -0.05) is 33.9 Å². The maximum absolute atomic E-state index is 11.4. The van der Waals surface area contributed by atoms with Crippen molar-refractivity contribution in [3.8, 4) is 0 Å². The lowest BCUT2D eigenvalue weighted by Gasteiger charge is -2.63. The molecule has 0 radical (unpaired) electrons. The highest BCUT2D eigenvalue weighted by atomic mass is 16.5. The van der Waals surface area contributed by atoms with Gasteiger partial charge in [0.05, 0.1) is 37.9 Å². The quantitative estimate of drug-likeness (QED) is 0.195. The molecule has 0 bridgehead atoms. The van der Waals surface area contributed by atoms with Crippen molar-refractivity contribution in [1.82, 2.24) is 0 Å². The molecule has 0 heterocycles. The third-order valence-corrected chi connectivity index (χ3v) is 11.6. The van der Waals surface area contributed by atoms with Gasteiger partial charge in [0.15, 0.2) is 0 Å². The van der Waals surface area contributed by atoms with Crippen LogP contribution in [-0.2, 0) is 23.7 Å². The molecule has 4 aliphatic rings. The van der Waals surface area contributed by atoms with Crippen molar-refractivity contribution in [3.05, 3.63) is 25.7 Å². The summed E-state index contributed by atoms with van der Waals surface area (Å²) in [5.74, 6) is 2.95. The molecule has 38 heavy (non-hydrogen) atoms. The molecule has 4 saturated carbocycles. The summed E-state index contributed by atoms with van der Waals surface area (Å²) in [6.07, 6.45) is 14.2. The van der Waals surface area contributed by atoms with E-state index in [1.165, 1.54) is 44.6 Å². The first-order valence-corrected chi connectivity index (χ1v) is 15.2. The Kier molecular flexibility index (Phi) is 9.89. The molecule has 0 spiro atoms. The molecule has 1 N–H and O–H groups in total. The highest BCUT2D eigenvalue weighted by Gasteiger charge is 2.64. The molecule has 10 atom stereocenters. The predicted molar refractivity (Wildman–Crippen MR) is 148 cm³/mol. The van der Waals surface area contributed by atoms with Crippen LogP contribution < -0.4 is 0 Å². The maximum Gasteiger partial charge on any atom is 0.303 e. The van der Waals surface area contributed by atoms with Crippen LogP contribution in [0.4, 0.5) is 0 Å². The van der Waals surface area contributed by atoms with Gasteiger partial charge in [0.1, 0.15) is 13.2 Å². The zero-order chi connectivity index (χ0) is 27.3. The number of fused-ring (bicyclic) bond motifs is 5. The lowest BCUT2D eigenvalue weighted by Crippen LogP contribution is -2.59. The van der Waals surface area contributed by atoms with Crippen LogP contribution in [0.15, 0.2) is 25.7 Å². The zero-order valence-electron chi connectivity index (χ0n) is 24.1. The Labute approximate surface area is 230 Å². The lowest BCUT2D eigenvalue weighted by molar-refractivity contribution is -0.194. The van der Waals surface area contributed by atoms with Gasteiger partial charge in [-0.3, -0.25) is 4.79 Å². The van der Waals surface area contributed by atoms with Crippen LogP contribution in [0.3, 0.4) is 0 Å². The van der Waals surface area contributed by atoms with E-state index >= 15 is 0 Å². The third kappa shape index (κ3) is 5.82. The van der Waals surface area contributed by atoms with Crippen LogP contribution in [0.1, 0.15) is 85.0 Å². The topological polar surface area (TPSA) is 74.2 Å². The summed E-state index contributed by atoms with van der Waals surface area (Å²) in [5.41, 5.74) is 0.413. The standard InChI is InChI=1S/C32H52O6/c1-6-35-16-18-37-24-14-15-31(4)23(20-24)9-10-25-27-12-11-26(22(3)8-13-30(33)34)32(27,5)29(21-28(25)31)38-19-17-36-7-2/h6-7,22-29H,1-2,8-21H2,3-5H3,(H,33,34). The third-order valence-electron chi connectivity index (χ3n) is 11.6. The Balaban J connectivity index is 1.51. The molecular formula is C32H52O6. The van der Waals surface area contributed by atoms with E-state index in [0.29, 0.717) is 67.5 Å². The normalized spacial score (nSPS) is 40.8. The van der Waals surface area contributed by atoms with Gasteiger partial charge in [-0.05, 0) is 104 Å². The minimum atomic E-state index is -0.686. The zero-order valence-corrected chi connectivity index (χ0v) is 24.1. The summed E-state index contributed by atoms with van der Waals surface area (Å²) in [7, 11) is 0. The fraction of sp³-hybridized carbons (Fsp3) is 0.844. The first-order valence-electron chi connectivity index (χ1n) is 15.2. The van der Waals surface area contributed by atoms with Crippen LogP contribution in [0.25, 0.3) is 0 Å². The Morgan fingerprint density at radius 1 is 0.947 bits per heavy atom. The van der Waals surface area contributed by atoms with Gasteiger partial charge >= 0.3 is 5.97 Å². The van der Waals surface area contributed by atoms with Crippen molar-refractivity contribution in [2.24, 2.45) is 46.3 Å². The number of carboxylic acid groups (broad SMARTS) is 1. The molecule has 0 aliphatic heterocycles. The van der Waals surface area contributed by atoms with Gasteiger partial charge in [-0.25, -0.2) is 0 Å². The van der Waals surface area contributed by atoms with Gasteiger partial charge in [0.25, 0.3) is 0 Å². The summed E-state index contributed by atoms with van der Waals surface area (Å²) < 4.78 is 23.6. The van der Waals surface area contributed by atoms with Crippen LogP contribution in [0.5, 0.6) is 0 Å². The Morgan fingerprint density at radius 3 is 2.34 bits per heavy atom.